The largest absolute Gasteiger partial charge is 0.497 e. The van der Waals surface area contributed by atoms with Crippen LogP contribution in [-0.4, -0.2) is 18.5 Å². The van der Waals surface area contributed by atoms with E-state index in [1.165, 1.54) is 0 Å². The first-order valence-corrected chi connectivity index (χ1v) is 6.72. The van der Waals surface area contributed by atoms with Crippen molar-refractivity contribution in [2.45, 2.75) is 25.6 Å². The zero-order valence-corrected chi connectivity index (χ0v) is 11.8. The van der Waals surface area contributed by atoms with Crippen molar-refractivity contribution < 1.29 is 19.0 Å². The fourth-order valence-electron chi connectivity index (χ4n) is 2.66. The van der Waals surface area contributed by atoms with Gasteiger partial charge in [0.05, 0.1) is 12.7 Å². The Balaban J connectivity index is 2.09. The molecule has 2 atom stereocenters. The second-order valence-corrected chi connectivity index (χ2v) is 5.06. The highest BCUT2D eigenvalue weighted by atomic mass is 16.6. The molecule has 0 aliphatic carbocycles. The van der Waals surface area contributed by atoms with E-state index in [2.05, 4.69) is 0 Å². The molecule has 0 saturated carbocycles. The van der Waals surface area contributed by atoms with Gasteiger partial charge < -0.3 is 19.0 Å². The molecule has 5 nitrogen and oxygen atoms in total. The van der Waals surface area contributed by atoms with Crippen LogP contribution in [0.25, 0.3) is 0 Å². The summed E-state index contributed by atoms with van der Waals surface area (Å²) < 4.78 is 15.7. The normalized spacial score (nSPS) is 20.5. The topological polar surface area (TPSA) is 68.9 Å². The lowest BCUT2D eigenvalue weighted by molar-refractivity contribution is -0.0370. The Morgan fingerprint density at radius 3 is 2.67 bits per heavy atom. The summed E-state index contributed by atoms with van der Waals surface area (Å²) in [4.78, 5) is 12.1. The van der Waals surface area contributed by atoms with Crippen molar-refractivity contribution in [3.05, 3.63) is 57.6 Å². The van der Waals surface area contributed by atoms with Crippen LogP contribution in [0.5, 0.6) is 11.5 Å². The molecule has 5 heteroatoms. The first-order chi connectivity index (χ1) is 10.1. The molecule has 1 aromatic carbocycles. The van der Waals surface area contributed by atoms with Crippen LogP contribution in [0.2, 0.25) is 0 Å². The SMILES string of the molecule is COc1ccc([C@@H]2CC(O)Oc3cc(C)oc(=O)c32)cc1. The minimum atomic E-state index is -0.939. The quantitative estimate of drug-likeness (QED) is 0.917. The van der Waals surface area contributed by atoms with E-state index in [0.717, 1.165) is 11.3 Å². The molecule has 0 fully saturated rings. The molecule has 0 spiro atoms. The molecule has 2 heterocycles. The predicted molar refractivity (Wildman–Crippen MR) is 75.8 cm³/mol. The average Bonchev–Trinajstić information content (AvgIpc) is 2.45. The van der Waals surface area contributed by atoms with Crippen molar-refractivity contribution >= 4 is 0 Å². The first-order valence-electron chi connectivity index (χ1n) is 6.72. The van der Waals surface area contributed by atoms with Crippen LogP contribution < -0.4 is 15.1 Å². The van der Waals surface area contributed by atoms with Gasteiger partial charge in [0, 0.05) is 18.4 Å². The number of aliphatic hydroxyl groups excluding tert-OH is 1. The predicted octanol–water partition coefficient (Wildman–Crippen LogP) is 2.19. The van der Waals surface area contributed by atoms with Gasteiger partial charge in [-0.3, -0.25) is 0 Å². The lowest BCUT2D eigenvalue weighted by Gasteiger charge is -2.28. The molecule has 0 amide bonds. The molecule has 0 saturated heterocycles. The van der Waals surface area contributed by atoms with Gasteiger partial charge in [-0.25, -0.2) is 4.79 Å². The summed E-state index contributed by atoms with van der Waals surface area (Å²) in [6.45, 7) is 1.68. The zero-order chi connectivity index (χ0) is 15.0. The Hall–Kier alpha value is -2.27. The minimum absolute atomic E-state index is 0.258. The number of aryl methyl sites for hydroxylation is 1. The standard InChI is InChI=1S/C16H16O5/c1-9-7-13-15(16(18)20-9)12(8-14(17)21-13)10-3-5-11(19-2)6-4-10/h3-7,12,14,17H,8H2,1-2H3/t12-,14?/m0/s1. The molecule has 1 unspecified atom stereocenters. The molecule has 0 radical (unpaired) electrons. The van der Waals surface area contributed by atoms with Crippen molar-refractivity contribution in [2.24, 2.45) is 0 Å². The third-order valence-corrected chi connectivity index (χ3v) is 3.64. The number of rotatable bonds is 2. The Kier molecular flexibility index (Phi) is 3.43. The number of hydrogen-bond donors (Lipinski definition) is 1. The van der Waals surface area contributed by atoms with Gasteiger partial charge in [0.1, 0.15) is 17.3 Å². The first kappa shape index (κ1) is 13.7. The van der Waals surface area contributed by atoms with Crippen LogP contribution in [0.15, 0.2) is 39.5 Å². The maximum atomic E-state index is 12.1. The Morgan fingerprint density at radius 1 is 1.29 bits per heavy atom. The summed E-state index contributed by atoms with van der Waals surface area (Å²) in [6, 6.07) is 9.05. The van der Waals surface area contributed by atoms with Crippen LogP contribution >= 0.6 is 0 Å². The van der Waals surface area contributed by atoms with Crippen molar-refractivity contribution in [3.8, 4) is 11.5 Å². The number of hydrogen-bond acceptors (Lipinski definition) is 5. The Labute approximate surface area is 121 Å². The summed E-state index contributed by atoms with van der Waals surface area (Å²) in [6.07, 6.45) is -0.626. The van der Waals surface area contributed by atoms with E-state index in [4.69, 9.17) is 13.9 Å². The summed E-state index contributed by atoms with van der Waals surface area (Å²) >= 11 is 0. The van der Waals surface area contributed by atoms with E-state index in [1.807, 2.05) is 24.3 Å². The summed E-state index contributed by atoms with van der Waals surface area (Å²) in [7, 11) is 1.60. The molecule has 110 valence electrons. The fraction of sp³-hybridized carbons (Fsp3) is 0.312. The van der Waals surface area contributed by atoms with Gasteiger partial charge in [-0.05, 0) is 24.6 Å². The van der Waals surface area contributed by atoms with Gasteiger partial charge >= 0.3 is 5.63 Å². The third kappa shape index (κ3) is 2.52. The Morgan fingerprint density at radius 2 is 2.00 bits per heavy atom. The third-order valence-electron chi connectivity index (χ3n) is 3.64. The van der Waals surface area contributed by atoms with Crippen LogP contribution in [0.3, 0.4) is 0 Å². The maximum absolute atomic E-state index is 12.1. The molecule has 1 aliphatic heterocycles. The van der Waals surface area contributed by atoms with E-state index < -0.39 is 11.9 Å². The second-order valence-electron chi connectivity index (χ2n) is 5.06. The highest BCUT2D eigenvalue weighted by Gasteiger charge is 2.32. The van der Waals surface area contributed by atoms with Gasteiger partial charge in [-0.1, -0.05) is 12.1 Å². The van der Waals surface area contributed by atoms with Gasteiger partial charge in [0.2, 0.25) is 0 Å². The summed E-state index contributed by atoms with van der Waals surface area (Å²) in [5.41, 5.74) is 0.948. The highest BCUT2D eigenvalue weighted by molar-refractivity contribution is 5.43. The van der Waals surface area contributed by atoms with E-state index in [1.54, 1.807) is 20.1 Å². The number of benzene rings is 1. The van der Waals surface area contributed by atoms with Crippen molar-refractivity contribution in [3.63, 3.8) is 0 Å². The van der Waals surface area contributed by atoms with Gasteiger partial charge in [-0.15, -0.1) is 0 Å². The van der Waals surface area contributed by atoms with Crippen LogP contribution in [0, 0.1) is 6.92 Å². The molecule has 0 bridgehead atoms. The number of methoxy groups -OCH3 is 1. The minimum Gasteiger partial charge on any atom is -0.497 e. The van der Waals surface area contributed by atoms with E-state index in [0.29, 0.717) is 23.5 Å². The lowest BCUT2D eigenvalue weighted by atomic mass is 9.87. The van der Waals surface area contributed by atoms with Crippen LogP contribution in [-0.2, 0) is 0 Å². The molecule has 2 aromatic rings. The van der Waals surface area contributed by atoms with Crippen molar-refractivity contribution in [1.82, 2.24) is 0 Å². The van der Waals surface area contributed by atoms with Crippen molar-refractivity contribution in [2.75, 3.05) is 7.11 Å². The Bertz CT molecular complexity index is 702. The van der Waals surface area contributed by atoms with Gasteiger partial charge in [0.15, 0.2) is 6.29 Å². The monoisotopic (exact) mass is 288 g/mol. The molecule has 21 heavy (non-hydrogen) atoms. The second kappa shape index (κ2) is 5.26. The zero-order valence-electron chi connectivity index (χ0n) is 11.8. The average molecular weight is 288 g/mol. The molecular weight excluding hydrogens is 272 g/mol. The smallest absolute Gasteiger partial charge is 0.343 e. The lowest BCUT2D eigenvalue weighted by Crippen LogP contribution is -2.30. The number of ether oxygens (including phenoxy) is 2. The summed E-state index contributed by atoms with van der Waals surface area (Å²) in [5, 5.41) is 9.89. The van der Waals surface area contributed by atoms with E-state index in [9.17, 15) is 9.90 Å². The van der Waals surface area contributed by atoms with E-state index in [-0.39, 0.29) is 5.92 Å². The highest BCUT2D eigenvalue weighted by Crippen LogP contribution is 2.38. The maximum Gasteiger partial charge on any atom is 0.343 e. The summed E-state index contributed by atoms with van der Waals surface area (Å²) in [5.74, 6) is 1.33. The molecular formula is C16H16O5. The van der Waals surface area contributed by atoms with Crippen LogP contribution in [0.1, 0.15) is 29.2 Å². The van der Waals surface area contributed by atoms with Gasteiger partial charge in [0.25, 0.3) is 0 Å². The molecule has 1 aromatic heterocycles. The number of fused-ring (bicyclic) bond motifs is 1. The number of aliphatic hydroxyl groups is 1. The van der Waals surface area contributed by atoms with E-state index >= 15 is 0 Å². The molecule has 1 N–H and O–H groups in total. The fourth-order valence-corrected chi connectivity index (χ4v) is 2.66. The van der Waals surface area contributed by atoms with Gasteiger partial charge in [-0.2, -0.15) is 0 Å². The van der Waals surface area contributed by atoms with Crippen LogP contribution in [0.4, 0.5) is 0 Å². The molecule has 1 aliphatic rings. The van der Waals surface area contributed by atoms with Crippen molar-refractivity contribution in [1.29, 1.82) is 0 Å². The molecule has 3 rings (SSSR count).